The number of ether oxygens (including phenoxy) is 2. The Morgan fingerprint density at radius 1 is 0.949 bits per heavy atom. The van der Waals surface area contributed by atoms with Crippen molar-refractivity contribution in [1.29, 1.82) is 0 Å². The van der Waals surface area contributed by atoms with Crippen LogP contribution in [0.15, 0.2) is 42.5 Å². The second-order valence-electron chi connectivity index (χ2n) is 8.59. The maximum atomic E-state index is 13.1. The van der Waals surface area contributed by atoms with E-state index in [0.29, 0.717) is 11.6 Å². The van der Waals surface area contributed by atoms with Crippen LogP contribution >= 0.6 is 0 Å². The van der Waals surface area contributed by atoms with Crippen molar-refractivity contribution in [3.63, 3.8) is 0 Å². The zero-order valence-electron chi connectivity index (χ0n) is 20.2. The molecule has 0 radical (unpaired) electrons. The fourth-order valence-electron chi connectivity index (χ4n) is 3.79. The van der Waals surface area contributed by atoms with Crippen LogP contribution in [0.5, 0.6) is 23.0 Å². The zero-order valence-corrected chi connectivity index (χ0v) is 20.2. The van der Waals surface area contributed by atoms with Crippen LogP contribution in [0.4, 0.5) is 5.69 Å². The number of aliphatic carboxylic acids is 1. The lowest BCUT2D eigenvalue weighted by Crippen LogP contribution is -2.60. The summed E-state index contributed by atoms with van der Waals surface area (Å²) >= 11 is 0. The van der Waals surface area contributed by atoms with E-state index in [9.17, 15) is 50.1 Å². The van der Waals surface area contributed by atoms with Gasteiger partial charge in [0.2, 0.25) is 12.2 Å². The van der Waals surface area contributed by atoms with Gasteiger partial charge in [0.15, 0.2) is 5.78 Å². The third kappa shape index (κ3) is 7.22. The van der Waals surface area contributed by atoms with Crippen LogP contribution < -0.4 is 10.1 Å². The van der Waals surface area contributed by atoms with Gasteiger partial charge < -0.3 is 55.6 Å². The molecule has 0 spiro atoms. The highest BCUT2D eigenvalue weighted by atomic mass is 16.7. The third-order valence-corrected chi connectivity index (χ3v) is 5.77. The van der Waals surface area contributed by atoms with E-state index in [1.807, 2.05) is 0 Å². The molecule has 1 aliphatic heterocycles. The summed E-state index contributed by atoms with van der Waals surface area (Å²) in [5.74, 6) is -4.73. The number of carboxylic acids is 1. The Labute approximate surface area is 220 Å². The van der Waals surface area contributed by atoms with Crippen molar-refractivity contribution in [3.05, 3.63) is 53.6 Å². The first-order valence-corrected chi connectivity index (χ1v) is 11.5. The van der Waals surface area contributed by atoms with E-state index in [1.165, 1.54) is 18.2 Å². The highest BCUT2D eigenvalue weighted by Gasteiger charge is 2.45. The number of phenols is 3. The Kier molecular flexibility index (Phi) is 9.45. The van der Waals surface area contributed by atoms with E-state index in [2.05, 4.69) is 5.32 Å². The summed E-state index contributed by atoms with van der Waals surface area (Å²) in [5, 5.41) is 80.7. The first-order valence-electron chi connectivity index (χ1n) is 11.5. The van der Waals surface area contributed by atoms with Crippen molar-refractivity contribution in [2.24, 2.45) is 0 Å². The molecule has 1 amide bonds. The van der Waals surface area contributed by atoms with Gasteiger partial charge in [-0.25, -0.2) is 4.79 Å². The number of carbonyl (C=O) groups is 3. The van der Waals surface area contributed by atoms with Gasteiger partial charge in [-0.2, -0.15) is 0 Å². The predicted molar refractivity (Wildman–Crippen MR) is 130 cm³/mol. The molecule has 1 heterocycles. The molecule has 0 unspecified atom stereocenters. The van der Waals surface area contributed by atoms with Gasteiger partial charge in [0.25, 0.3) is 0 Å². The van der Waals surface area contributed by atoms with Gasteiger partial charge in [0.05, 0.1) is 12.3 Å². The van der Waals surface area contributed by atoms with Crippen LogP contribution in [0, 0.1) is 0 Å². The number of anilines is 1. The van der Waals surface area contributed by atoms with Crippen molar-refractivity contribution in [2.45, 2.75) is 43.5 Å². The summed E-state index contributed by atoms with van der Waals surface area (Å²) in [7, 11) is 0. The summed E-state index contributed by atoms with van der Waals surface area (Å²) in [4.78, 5) is 35.5. The van der Waals surface area contributed by atoms with Gasteiger partial charge in [0, 0.05) is 30.7 Å². The number of aliphatic hydroxyl groups excluding tert-OH is 4. The molecule has 0 saturated carbocycles. The molecule has 0 aliphatic carbocycles. The molecule has 9 N–H and O–H groups in total. The van der Waals surface area contributed by atoms with Gasteiger partial charge in [-0.3, -0.25) is 9.59 Å². The van der Waals surface area contributed by atoms with Crippen LogP contribution in [0.3, 0.4) is 0 Å². The molecule has 210 valence electrons. The molecule has 1 fully saturated rings. The number of amides is 1. The predicted octanol–water partition coefficient (Wildman–Crippen LogP) is -0.623. The van der Waals surface area contributed by atoms with Crippen LogP contribution in [-0.4, -0.2) is 95.8 Å². The van der Waals surface area contributed by atoms with Crippen LogP contribution in [0.1, 0.15) is 22.3 Å². The minimum atomic E-state index is -1.81. The molecule has 14 nitrogen and oxygen atoms in total. The first kappa shape index (κ1) is 29.3. The smallest absolute Gasteiger partial charge is 0.328 e. The number of hydrogen-bond acceptors (Lipinski definition) is 12. The van der Waals surface area contributed by atoms with E-state index in [1.54, 1.807) is 0 Å². The van der Waals surface area contributed by atoms with E-state index in [-0.39, 0.29) is 24.3 Å². The van der Waals surface area contributed by atoms with E-state index in [4.69, 9.17) is 14.6 Å². The molecule has 5 atom stereocenters. The number of carbonyl (C=O) groups excluding carboxylic acids is 2. The summed E-state index contributed by atoms with van der Waals surface area (Å²) in [6.07, 6.45) is -7.08. The van der Waals surface area contributed by atoms with Gasteiger partial charge in [-0.05, 0) is 24.1 Å². The van der Waals surface area contributed by atoms with Crippen molar-refractivity contribution >= 4 is 23.3 Å². The number of hydrogen-bond donors (Lipinski definition) is 9. The van der Waals surface area contributed by atoms with Gasteiger partial charge in [-0.15, -0.1) is 0 Å². The molecular formula is C25H27NO13. The second-order valence-corrected chi connectivity index (χ2v) is 8.59. The summed E-state index contributed by atoms with van der Waals surface area (Å²) in [5.41, 5.74) is 0.0308. The Balaban J connectivity index is 1.78. The lowest BCUT2D eigenvalue weighted by molar-refractivity contribution is -0.277. The normalized spacial score (nSPS) is 22.9. The van der Waals surface area contributed by atoms with Crippen LogP contribution in [0.2, 0.25) is 0 Å². The number of benzene rings is 2. The number of aromatic hydroxyl groups is 3. The monoisotopic (exact) mass is 549 g/mol. The molecule has 2 aromatic carbocycles. The molecule has 0 bridgehead atoms. The number of rotatable bonds is 10. The summed E-state index contributed by atoms with van der Waals surface area (Å²) in [6.45, 7) is -0.729. The minimum Gasteiger partial charge on any atom is -0.508 e. The molecule has 1 aliphatic rings. The summed E-state index contributed by atoms with van der Waals surface area (Å²) in [6, 6.07) is 5.92. The standard InChI is InChI=1S/C25H27NO13/c27-10-18-22(35)23(36)24(37)25(39-18)38-17-9-12(28)8-16(31)21(17)15(30)4-2-11-1-3-14(29)13(7-11)26-19(32)5-6-20(33)34/h1,3,5-9,18,22-25,27-29,31,35-37H,2,4,10H2,(H,26,32)(H,33,34)/b6-5+/t18-,22+,23+,24+,25-/m0/s1. The maximum absolute atomic E-state index is 13.1. The van der Waals surface area contributed by atoms with Crippen molar-refractivity contribution in [3.8, 4) is 23.0 Å². The average Bonchev–Trinajstić information content (AvgIpc) is 2.87. The molecule has 3 rings (SSSR count). The molecule has 0 aromatic heterocycles. The number of ketones is 1. The lowest BCUT2D eigenvalue weighted by Gasteiger charge is -2.39. The van der Waals surface area contributed by atoms with Crippen molar-refractivity contribution in [1.82, 2.24) is 0 Å². The lowest BCUT2D eigenvalue weighted by atomic mass is 9.98. The number of Topliss-reactive ketones (excluding diaryl/α,β-unsaturated/α-hetero) is 1. The molecule has 1 saturated heterocycles. The van der Waals surface area contributed by atoms with Crippen LogP contribution in [0.25, 0.3) is 0 Å². The minimum absolute atomic E-state index is 0.0345. The average molecular weight is 549 g/mol. The Bertz CT molecular complexity index is 1260. The number of phenolic OH excluding ortho intramolecular Hbond substituents is 3. The molecular weight excluding hydrogens is 522 g/mol. The van der Waals surface area contributed by atoms with Crippen molar-refractivity contribution < 1.29 is 64.7 Å². The quantitative estimate of drug-likeness (QED) is 0.102. The fraction of sp³-hybridized carbons (Fsp3) is 0.320. The van der Waals surface area contributed by atoms with Crippen molar-refractivity contribution in [2.75, 3.05) is 11.9 Å². The van der Waals surface area contributed by atoms with E-state index < -0.39 is 77.8 Å². The van der Waals surface area contributed by atoms with Gasteiger partial charge in [0.1, 0.15) is 53.0 Å². The number of aryl methyl sites for hydroxylation is 1. The van der Waals surface area contributed by atoms with E-state index in [0.717, 1.165) is 18.2 Å². The largest absolute Gasteiger partial charge is 0.508 e. The maximum Gasteiger partial charge on any atom is 0.328 e. The Morgan fingerprint density at radius 3 is 2.33 bits per heavy atom. The highest BCUT2D eigenvalue weighted by molar-refractivity contribution is 6.03. The second kappa shape index (κ2) is 12.6. The number of aliphatic hydroxyl groups is 4. The molecule has 39 heavy (non-hydrogen) atoms. The Morgan fingerprint density at radius 2 is 1.67 bits per heavy atom. The van der Waals surface area contributed by atoms with Gasteiger partial charge in [-0.1, -0.05) is 6.07 Å². The molecule has 2 aromatic rings. The van der Waals surface area contributed by atoms with Crippen LogP contribution in [-0.2, 0) is 20.7 Å². The zero-order chi connectivity index (χ0) is 28.9. The van der Waals surface area contributed by atoms with E-state index >= 15 is 0 Å². The Hall–Kier alpha value is -4.21. The SMILES string of the molecule is O=C(O)/C=C/C(=O)Nc1cc(CCC(=O)c2c(O)cc(O)cc2O[C@H]2O[C@@H](CO)[C@@H](O)[C@@H](O)[C@H]2O)ccc1O. The highest BCUT2D eigenvalue weighted by Crippen LogP contribution is 2.36. The molecule has 14 heteroatoms. The first-order chi connectivity index (χ1) is 18.4. The fourth-order valence-corrected chi connectivity index (χ4v) is 3.79. The topological polar surface area (TPSA) is 244 Å². The summed E-state index contributed by atoms with van der Waals surface area (Å²) < 4.78 is 10.7. The number of nitrogens with one attached hydrogen (secondary N) is 1. The third-order valence-electron chi connectivity index (χ3n) is 5.77. The number of carboxylic acid groups (broad SMARTS) is 1. The van der Waals surface area contributed by atoms with Gasteiger partial charge >= 0.3 is 5.97 Å².